The molecule has 3 heterocycles. The van der Waals surface area contributed by atoms with Gasteiger partial charge in [-0.05, 0) is 37.1 Å². The molecular formula is C28H27N3O6. The molecule has 2 aliphatic heterocycles. The number of hydrogen-bond donors (Lipinski definition) is 1. The zero-order valence-electron chi connectivity index (χ0n) is 20.3. The second kappa shape index (κ2) is 9.65. The third-order valence-electron chi connectivity index (χ3n) is 7.14. The fourth-order valence-electron chi connectivity index (χ4n) is 5.30. The fraction of sp³-hybridized carbons (Fsp3) is 0.321. The van der Waals surface area contributed by atoms with Crippen LogP contribution >= 0.6 is 0 Å². The normalized spacial score (nSPS) is 19.1. The minimum atomic E-state index is -0.662. The first-order valence-electron chi connectivity index (χ1n) is 12.6. The van der Waals surface area contributed by atoms with Crippen molar-refractivity contribution in [1.29, 1.82) is 0 Å². The number of hydrogen-bond acceptors (Lipinski definition) is 6. The third kappa shape index (κ3) is 4.41. The molecule has 2 aromatic carbocycles. The Kier molecular flexibility index (Phi) is 6.04. The van der Waals surface area contributed by atoms with Crippen LogP contribution in [0.15, 0.2) is 54.2 Å². The van der Waals surface area contributed by atoms with E-state index in [1.807, 2.05) is 47.2 Å². The molecule has 1 aliphatic carbocycles. The van der Waals surface area contributed by atoms with Gasteiger partial charge in [0.1, 0.15) is 17.9 Å². The summed E-state index contributed by atoms with van der Waals surface area (Å²) in [5, 5.41) is 3.27. The second-order valence-corrected chi connectivity index (χ2v) is 9.44. The summed E-state index contributed by atoms with van der Waals surface area (Å²) in [6, 6.07) is 12.5. The van der Waals surface area contributed by atoms with E-state index in [0.717, 1.165) is 48.6 Å². The molecule has 0 radical (unpaired) electrons. The number of nitrogens with one attached hydrogen (secondary N) is 1. The molecule has 9 nitrogen and oxygen atoms in total. The number of carbonyl (C=O) groups excluding carboxylic acids is 3. The molecule has 1 aromatic heterocycles. The number of carbonyl (C=O) groups is 3. The summed E-state index contributed by atoms with van der Waals surface area (Å²) in [6.45, 7) is 1.15. The van der Waals surface area contributed by atoms with Gasteiger partial charge in [-0.1, -0.05) is 37.5 Å². The van der Waals surface area contributed by atoms with E-state index in [4.69, 9.17) is 14.2 Å². The van der Waals surface area contributed by atoms with Gasteiger partial charge in [0.2, 0.25) is 6.79 Å². The van der Waals surface area contributed by atoms with Gasteiger partial charge in [0.25, 0.3) is 11.8 Å². The van der Waals surface area contributed by atoms with E-state index in [0.29, 0.717) is 30.4 Å². The van der Waals surface area contributed by atoms with E-state index >= 15 is 0 Å². The zero-order valence-corrected chi connectivity index (χ0v) is 20.3. The van der Waals surface area contributed by atoms with E-state index in [1.54, 1.807) is 12.1 Å². The number of imide groups is 2. The quantitative estimate of drug-likeness (QED) is 0.401. The first kappa shape index (κ1) is 23.1. The molecule has 1 saturated carbocycles. The zero-order chi connectivity index (χ0) is 25.4. The molecule has 3 aliphatic rings. The summed E-state index contributed by atoms with van der Waals surface area (Å²) in [5.41, 5.74) is 1.66. The Hall–Kier alpha value is -4.27. The van der Waals surface area contributed by atoms with Crippen molar-refractivity contribution < 1.29 is 28.6 Å². The van der Waals surface area contributed by atoms with Crippen molar-refractivity contribution in [1.82, 2.24) is 14.8 Å². The number of rotatable bonds is 6. The Morgan fingerprint density at radius 3 is 2.68 bits per heavy atom. The predicted octanol–water partition coefficient (Wildman–Crippen LogP) is 4.24. The second-order valence-electron chi connectivity index (χ2n) is 9.44. The number of urea groups is 1. The summed E-state index contributed by atoms with van der Waals surface area (Å²) >= 11 is 0. The molecular weight excluding hydrogens is 474 g/mol. The van der Waals surface area contributed by atoms with Crippen LogP contribution in [0, 0.1) is 0 Å². The van der Waals surface area contributed by atoms with Crippen molar-refractivity contribution in [3.8, 4) is 17.2 Å². The third-order valence-corrected chi connectivity index (χ3v) is 7.14. The number of benzene rings is 2. The molecule has 0 spiro atoms. The molecule has 1 saturated heterocycles. The van der Waals surface area contributed by atoms with Crippen molar-refractivity contribution in [2.75, 3.05) is 13.4 Å². The number of amides is 4. The summed E-state index contributed by atoms with van der Waals surface area (Å²) < 4.78 is 18.7. The van der Waals surface area contributed by atoms with Gasteiger partial charge in [0.15, 0.2) is 11.5 Å². The van der Waals surface area contributed by atoms with Crippen LogP contribution in [0.1, 0.15) is 37.7 Å². The lowest BCUT2D eigenvalue weighted by Gasteiger charge is -2.35. The van der Waals surface area contributed by atoms with E-state index in [1.165, 1.54) is 4.90 Å². The van der Waals surface area contributed by atoms with Crippen molar-refractivity contribution in [2.24, 2.45) is 0 Å². The Morgan fingerprint density at radius 1 is 1.00 bits per heavy atom. The van der Waals surface area contributed by atoms with Gasteiger partial charge in [-0.2, -0.15) is 0 Å². The van der Waals surface area contributed by atoms with Crippen LogP contribution in [-0.2, 0) is 16.1 Å². The van der Waals surface area contributed by atoms with Crippen LogP contribution in [0.3, 0.4) is 0 Å². The molecule has 0 atom stereocenters. The summed E-state index contributed by atoms with van der Waals surface area (Å²) in [6.07, 6.45) is 8.07. The number of fused-ring (bicyclic) bond motifs is 2. The molecule has 9 heteroatoms. The molecule has 3 aromatic rings. The number of para-hydroxylation sites is 1. The maximum Gasteiger partial charge on any atom is 0.331 e. The van der Waals surface area contributed by atoms with Gasteiger partial charge in [0, 0.05) is 34.8 Å². The minimum absolute atomic E-state index is 0.0234. The lowest BCUT2D eigenvalue weighted by atomic mass is 9.93. The van der Waals surface area contributed by atoms with E-state index in [2.05, 4.69) is 5.32 Å². The lowest BCUT2D eigenvalue weighted by Crippen LogP contribution is -2.58. The predicted molar refractivity (Wildman–Crippen MR) is 135 cm³/mol. The van der Waals surface area contributed by atoms with Crippen LogP contribution in [0.4, 0.5) is 4.79 Å². The first-order valence-corrected chi connectivity index (χ1v) is 12.6. The average molecular weight is 502 g/mol. The fourth-order valence-corrected chi connectivity index (χ4v) is 5.30. The smallest absolute Gasteiger partial charge is 0.331 e. The number of aromatic nitrogens is 1. The highest BCUT2D eigenvalue weighted by Gasteiger charge is 2.40. The van der Waals surface area contributed by atoms with Crippen LogP contribution in [0.2, 0.25) is 0 Å². The van der Waals surface area contributed by atoms with Crippen LogP contribution in [0.25, 0.3) is 17.0 Å². The summed E-state index contributed by atoms with van der Waals surface area (Å²) in [5.74, 6) is 0.856. The molecule has 0 bridgehead atoms. The Balaban J connectivity index is 1.24. The average Bonchev–Trinajstić information content (AvgIpc) is 3.51. The highest BCUT2D eigenvalue weighted by atomic mass is 16.7. The van der Waals surface area contributed by atoms with E-state index in [9.17, 15) is 14.4 Å². The molecule has 37 heavy (non-hydrogen) atoms. The van der Waals surface area contributed by atoms with Crippen molar-refractivity contribution >= 4 is 34.8 Å². The molecule has 4 amide bonds. The van der Waals surface area contributed by atoms with Gasteiger partial charge >= 0.3 is 6.03 Å². The molecule has 190 valence electrons. The molecule has 2 fully saturated rings. The first-order chi connectivity index (χ1) is 18.1. The van der Waals surface area contributed by atoms with Gasteiger partial charge in [0.05, 0.1) is 6.54 Å². The largest absolute Gasteiger partial charge is 0.492 e. The number of nitrogens with zero attached hydrogens (tertiary/aromatic N) is 2. The summed E-state index contributed by atoms with van der Waals surface area (Å²) in [7, 11) is 0. The summed E-state index contributed by atoms with van der Waals surface area (Å²) in [4.78, 5) is 39.8. The highest BCUT2D eigenvalue weighted by Crippen LogP contribution is 2.35. The number of barbiturate groups is 1. The maximum atomic E-state index is 13.3. The maximum absolute atomic E-state index is 13.3. The van der Waals surface area contributed by atoms with E-state index in [-0.39, 0.29) is 18.4 Å². The molecule has 6 rings (SSSR count). The van der Waals surface area contributed by atoms with Crippen LogP contribution < -0.4 is 19.5 Å². The van der Waals surface area contributed by atoms with Gasteiger partial charge < -0.3 is 18.8 Å². The monoisotopic (exact) mass is 501 g/mol. The SMILES string of the molecule is O=C1NC(=O)N(C2CCCCC2)C(=O)/C1=C/c1cn(CCOc2ccc3c(c2)OCO3)c2ccccc12. The topological polar surface area (TPSA) is 99.1 Å². The standard InChI is InChI=1S/C28H27N3O6/c32-26-22(27(33)31(28(34)29-26)19-6-2-1-3-7-19)14-18-16-30(23-9-5-4-8-21(18)23)12-13-35-20-10-11-24-25(15-20)37-17-36-24/h4-5,8-11,14-16,19H,1-3,6-7,12-13,17H2,(H,29,32,34)/b22-14+. The van der Waals surface area contributed by atoms with Crippen molar-refractivity contribution in [2.45, 2.75) is 44.7 Å². The molecule has 1 N–H and O–H groups in total. The van der Waals surface area contributed by atoms with Crippen molar-refractivity contribution in [3.05, 3.63) is 59.8 Å². The molecule has 0 unspecified atom stereocenters. The van der Waals surface area contributed by atoms with E-state index < -0.39 is 17.8 Å². The van der Waals surface area contributed by atoms with Gasteiger partial charge in [-0.15, -0.1) is 0 Å². The van der Waals surface area contributed by atoms with Gasteiger partial charge in [-0.3, -0.25) is 19.8 Å². The Morgan fingerprint density at radius 2 is 1.81 bits per heavy atom. The Bertz CT molecular complexity index is 1420. The highest BCUT2D eigenvalue weighted by molar-refractivity contribution is 6.31. The number of ether oxygens (including phenoxy) is 3. The van der Waals surface area contributed by atoms with Gasteiger partial charge in [-0.25, -0.2) is 4.79 Å². The lowest BCUT2D eigenvalue weighted by molar-refractivity contribution is -0.132. The van der Waals surface area contributed by atoms with Crippen LogP contribution in [-0.4, -0.2) is 46.8 Å². The Labute approximate surface area is 213 Å². The minimum Gasteiger partial charge on any atom is -0.492 e. The van der Waals surface area contributed by atoms with Crippen LogP contribution in [0.5, 0.6) is 17.2 Å². The van der Waals surface area contributed by atoms with Crippen molar-refractivity contribution in [3.63, 3.8) is 0 Å².